The fourth-order valence-corrected chi connectivity index (χ4v) is 2.63. The van der Waals surface area contributed by atoms with Crippen LogP contribution in [-0.2, 0) is 14.3 Å². The average molecular weight is 255 g/mol. The number of aliphatic hydroxyl groups is 1. The lowest BCUT2D eigenvalue weighted by Crippen LogP contribution is -2.47. The van der Waals surface area contributed by atoms with Crippen molar-refractivity contribution in [3.63, 3.8) is 0 Å². The molecule has 5 nitrogen and oxygen atoms in total. The van der Waals surface area contributed by atoms with Gasteiger partial charge in [0.25, 0.3) is 0 Å². The molecule has 5 heteroatoms. The van der Waals surface area contributed by atoms with Crippen molar-refractivity contribution in [2.24, 2.45) is 5.41 Å². The van der Waals surface area contributed by atoms with Crippen molar-refractivity contribution in [1.82, 2.24) is 4.90 Å². The molecule has 2 fully saturated rings. The van der Waals surface area contributed by atoms with Crippen LogP contribution in [0.3, 0.4) is 0 Å². The molecule has 1 saturated carbocycles. The quantitative estimate of drug-likeness (QED) is 0.751. The second kappa shape index (κ2) is 5.26. The largest absolute Gasteiger partial charge is 0.469 e. The van der Waals surface area contributed by atoms with Crippen molar-refractivity contribution in [3.05, 3.63) is 0 Å². The van der Waals surface area contributed by atoms with Crippen molar-refractivity contribution in [3.8, 4) is 0 Å². The standard InChI is InChI=1S/C13H21NO4/c1-18-12(17)4-2-3-11(16)14-8-7-13(5-6-13)10(15)9-14/h10,15H,2-9H2,1H3. The van der Waals surface area contributed by atoms with E-state index in [1.165, 1.54) is 7.11 Å². The number of hydrogen-bond donors (Lipinski definition) is 1. The highest BCUT2D eigenvalue weighted by Crippen LogP contribution is 2.53. The first-order valence-electron chi connectivity index (χ1n) is 6.60. The molecular weight excluding hydrogens is 234 g/mol. The number of ether oxygens (including phenoxy) is 1. The van der Waals surface area contributed by atoms with Crippen molar-refractivity contribution < 1.29 is 19.4 Å². The van der Waals surface area contributed by atoms with E-state index in [0.717, 1.165) is 25.8 Å². The lowest BCUT2D eigenvalue weighted by atomic mass is 9.90. The van der Waals surface area contributed by atoms with Crippen LogP contribution in [0.25, 0.3) is 0 Å². The molecule has 2 aliphatic rings. The summed E-state index contributed by atoms with van der Waals surface area (Å²) in [4.78, 5) is 24.6. The topological polar surface area (TPSA) is 66.8 Å². The Labute approximate surface area is 107 Å². The highest BCUT2D eigenvalue weighted by molar-refractivity contribution is 5.77. The van der Waals surface area contributed by atoms with Gasteiger partial charge in [0.2, 0.25) is 5.91 Å². The van der Waals surface area contributed by atoms with E-state index in [9.17, 15) is 14.7 Å². The number of methoxy groups -OCH3 is 1. The molecule has 1 N–H and O–H groups in total. The zero-order chi connectivity index (χ0) is 13.2. The van der Waals surface area contributed by atoms with Gasteiger partial charge in [0.15, 0.2) is 0 Å². The Hall–Kier alpha value is -1.10. The van der Waals surface area contributed by atoms with Gasteiger partial charge in [-0.3, -0.25) is 9.59 Å². The van der Waals surface area contributed by atoms with Gasteiger partial charge >= 0.3 is 5.97 Å². The first-order valence-corrected chi connectivity index (χ1v) is 6.60. The van der Waals surface area contributed by atoms with Crippen LogP contribution in [0, 0.1) is 5.41 Å². The van der Waals surface area contributed by atoms with Gasteiger partial charge in [0, 0.05) is 25.9 Å². The molecule has 1 saturated heterocycles. The number of β-amino-alcohol motifs (C(OH)–C–C–N with tert-alkyl or cyclic N) is 1. The zero-order valence-corrected chi connectivity index (χ0v) is 10.9. The van der Waals surface area contributed by atoms with Crippen LogP contribution in [0.4, 0.5) is 0 Å². The molecule has 102 valence electrons. The van der Waals surface area contributed by atoms with Crippen molar-refractivity contribution >= 4 is 11.9 Å². The number of likely N-dealkylation sites (tertiary alicyclic amines) is 1. The predicted octanol–water partition coefficient (Wildman–Crippen LogP) is 0.703. The fourth-order valence-electron chi connectivity index (χ4n) is 2.63. The highest BCUT2D eigenvalue weighted by atomic mass is 16.5. The monoisotopic (exact) mass is 255 g/mol. The smallest absolute Gasteiger partial charge is 0.305 e. The lowest BCUT2D eigenvalue weighted by Gasteiger charge is -2.36. The van der Waals surface area contributed by atoms with Gasteiger partial charge in [-0.25, -0.2) is 0 Å². The summed E-state index contributed by atoms with van der Waals surface area (Å²) in [6, 6.07) is 0. The number of rotatable bonds is 4. The fraction of sp³-hybridized carbons (Fsp3) is 0.846. The van der Waals surface area contributed by atoms with Crippen molar-refractivity contribution in [2.75, 3.05) is 20.2 Å². The Kier molecular flexibility index (Phi) is 3.90. The molecule has 1 heterocycles. The minimum atomic E-state index is -0.365. The van der Waals surface area contributed by atoms with Gasteiger partial charge in [0.05, 0.1) is 13.2 Å². The van der Waals surface area contributed by atoms with E-state index < -0.39 is 0 Å². The molecule has 1 amide bonds. The maximum Gasteiger partial charge on any atom is 0.305 e. The van der Waals surface area contributed by atoms with Crippen LogP contribution >= 0.6 is 0 Å². The van der Waals surface area contributed by atoms with Crippen LogP contribution in [-0.4, -0.2) is 48.2 Å². The third-order valence-electron chi connectivity index (χ3n) is 4.22. The third kappa shape index (κ3) is 2.83. The number of piperidine rings is 1. The summed E-state index contributed by atoms with van der Waals surface area (Å²) >= 11 is 0. The van der Waals surface area contributed by atoms with Gasteiger partial charge in [-0.05, 0) is 31.1 Å². The molecule has 1 unspecified atom stereocenters. The molecule has 1 spiro atoms. The van der Waals surface area contributed by atoms with Crippen LogP contribution < -0.4 is 0 Å². The number of carbonyl (C=O) groups excluding carboxylic acids is 2. The summed E-state index contributed by atoms with van der Waals surface area (Å²) < 4.78 is 4.53. The summed E-state index contributed by atoms with van der Waals surface area (Å²) in [6.07, 6.45) is 3.89. The van der Waals surface area contributed by atoms with Gasteiger partial charge < -0.3 is 14.7 Å². The molecule has 18 heavy (non-hydrogen) atoms. The number of nitrogens with zero attached hydrogens (tertiary/aromatic N) is 1. The van der Waals surface area contributed by atoms with Crippen molar-refractivity contribution in [2.45, 2.75) is 44.6 Å². The first-order chi connectivity index (χ1) is 8.57. The molecule has 0 aromatic carbocycles. The Morgan fingerprint density at radius 2 is 2.06 bits per heavy atom. The Balaban J connectivity index is 1.71. The van der Waals surface area contributed by atoms with Crippen LogP contribution in [0.15, 0.2) is 0 Å². The van der Waals surface area contributed by atoms with Gasteiger partial charge in [-0.1, -0.05) is 0 Å². The minimum Gasteiger partial charge on any atom is -0.469 e. The summed E-state index contributed by atoms with van der Waals surface area (Å²) in [6.45, 7) is 1.20. The maximum absolute atomic E-state index is 11.9. The van der Waals surface area contributed by atoms with E-state index in [2.05, 4.69) is 4.74 Å². The molecule has 2 rings (SSSR count). The number of amides is 1. The first kappa shape index (κ1) is 13.3. The Morgan fingerprint density at radius 1 is 1.33 bits per heavy atom. The van der Waals surface area contributed by atoms with Crippen molar-refractivity contribution in [1.29, 1.82) is 0 Å². The lowest BCUT2D eigenvalue weighted by molar-refractivity contribution is -0.141. The molecule has 0 aromatic rings. The number of hydrogen-bond acceptors (Lipinski definition) is 4. The van der Waals surface area contributed by atoms with E-state index in [-0.39, 0.29) is 29.8 Å². The van der Waals surface area contributed by atoms with E-state index in [0.29, 0.717) is 19.4 Å². The zero-order valence-electron chi connectivity index (χ0n) is 10.9. The van der Waals surface area contributed by atoms with E-state index in [1.54, 1.807) is 4.90 Å². The maximum atomic E-state index is 11.9. The summed E-state index contributed by atoms with van der Waals surface area (Å²) in [7, 11) is 1.35. The highest BCUT2D eigenvalue weighted by Gasteiger charge is 2.51. The van der Waals surface area contributed by atoms with E-state index in [4.69, 9.17) is 0 Å². The number of aliphatic hydroxyl groups excluding tert-OH is 1. The number of carbonyl (C=O) groups is 2. The predicted molar refractivity (Wildman–Crippen MR) is 64.7 cm³/mol. The second-order valence-corrected chi connectivity index (χ2v) is 5.40. The Bertz CT molecular complexity index is 338. The van der Waals surface area contributed by atoms with Crippen LogP contribution in [0.5, 0.6) is 0 Å². The number of esters is 1. The summed E-state index contributed by atoms with van der Waals surface area (Å²) in [5, 5.41) is 10.0. The molecule has 0 radical (unpaired) electrons. The summed E-state index contributed by atoms with van der Waals surface area (Å²) in [5.74, 6) is -0.244. The molecule has 0 aromatic heterocycles. The van der Waals surface area contributed by atoms with Gasteiger partial charge in [0.1, 0.15) is 0 Å². The van der Waals surface area contributed by atoms with Crippen LogP contribution in [0.1, 0.15) is 38.5 Å². The third-order valence-corrected chi connectivity index (χ3v) is 4.22. The molecule has 1 aliphatic heterocycles. The van der Waals surface area contributed by atoms with E-state index in [1.807, 2.05) is 0 Å². The summed E-state index contributed by atoms with van der Waals surface area (Å²) in [5.41, 5.74) is 0.128. The second-order valence-electron chi connectivity index (χ2n) is 5.40. The normalized spacial score (nSPS) is 25.0. The molecule has 1 aliphatic carbocycles. The van der Waals surface area contributed by atoms with Gasteiger partial charge in [-0.2, -0.15) is 0 Å². The SMILES string of the molecule is COC(=O)CCCC(=O)N1CCC2(CC2)C(O)C1. The minimum absolute atomic E-state index is 0.0356. The average Bonchev–Trinajstić information content (AvgIpc) is 3.13. The molecular formula is C13H21NO4. The van der Waals surface area contributed by atoms with E-state index >= 15 is 0 Å². The van der Waals surface area contributed by atoms with Crippen LogP contribution in [0.2, 0.25) is 0 Å². The molecule has 0 bridgehead atoms. The Morgan fingerprint density at radius 3 is 2.61 bits per heavy atom. The van der Waals surface area contributed by atoms with Gasteiger partial charge in [-0.15, -0.1) is 0 Å². The molecule has 1 atom stereocenters.